The maximum absolute atomic E-state index is 4.69. The summed E-state index contributed by atoms with van der Waals surface area (Å²) in [7, 11) is 2.12. The summed E-state index contributed by atoms with van der Waals surface area (Å²) < 4.78 is 0. The summed E-state index contributed by atoms with van der Waals surface area (Å²) in [6.07, 6.45) is 4.79. The molecule has 20 heavy (non-hydrogen) atoms. The Labute approximate surface area is 144 Å². The van der Waals surface area contributed by atoms with Gasteiger partial charge in [-0.25, -0.2) is 0 Å². The van der Waals surface area contributed by atoms with Crippen LogP contribution in [0.15, 0.2) is 22.5 Å². The third-order valence-corrected chi connectivity index (χ3v) is 3.93. The first-order valence-electron chi connectivity index (χ1n) is 7.29. The van der Waals surface area contributed by atoms with Gasteiger partial charge < -0.3 is 10.2 Å². The lowest BCUT2D eigenvalue weighted by Gasteiger charge is -2.21. The molecule has 0 spiro atoms. The number of thiophene rings is 1. The minimum atomic E-state index is 0. The molecule has 1 rings (SSSR count). The largest absolute Gasteiger partial charge is 0.357 e. The summed E-state index contributed by atoms with van der Waals surface area (Å²) >= 11 is 1.83. The topological polar surface area (TPSA) is 27.6 Å². The van der Waals surface area contributed by atoms with Gasteiger partial charge in [-0.2, -0.15) is 0 Å². The summed E-state index contributed by atoms with van der Waals surface area (Å²) in [4.78, 5) is 8.36. The van der Waals surface area contributed by atoms with Crippen LogP contribution in [0.25, 0.3) is 0 Å². The second kappa shape index (κ2) is 12.4. The lowest BCUT2D eigenvalue weighted by molar-refractivity contribution is 0.486. The van der Waals surface area contributed by atoms with E-state index in [1.54, 1.807) is 0 Å². The van der Waals surface area contributed by atoms with Crippen molar-refractivity contribution in [3.8, 4) is 0 Å². The molecule has 0 aliphatic rings. The highest BCUT2D eigenvalue weighted by atomic mass is 127. The highest BCUT2D eigenvalue weighted by molar-refractivity contribution is 14.0. The SMILES string of the molecule is CCCCCN=C(NCC)N(C)CCc1cccs1.I. The van der Waals surface area contributed by atoms with E-state index >= 15 is 0 Å². The predicted octanol–water partition coefficient (Wildman–Crippen LogP) is 4.00. The molecular weight excluding hydrogens is 381 g/mol. The average molecular weight is 409 g/mol. The van der Waals surface area contributed by atoms with Crippen molar-refractivity contribution >= 4 is 41.3 Å². The molecule has 0 radical (unpaired) electrons. The fourth-order valence-corrected chi connectivity index (χ4v) is 2.55. The number of halogens is 1. The number of hydrogen-bond acceptors (Lipinski definition) is 2. The molecule has 0 bridgehead atoms. The summed E-state index contributed by atoms with van der Waals surface area (Å²) in [5.41, 5.74) is 0. The number of nitrogens with zero attached hydrogens (tertiary/aromatic N) is 2. The monoisotopic (exact) mass is 409 g/mol. The molecule has 0 unspecified atom stereocenters. The molecule has 0 saturated heterocycles. The van der Waals surface area contributed by atoms with Crippen molar-refractivity contribution in [2.75, 3.05) is 26.7 Å². The quantitative estimate of drug-likeness (QED) is 0.304. The van der Waals surface area contributed by atoms with Crippen LogP contribution in [0.4, 0.5) is 0 Å². The van der Waals surface area contributed by atoms with Gasteiger partial charge in [0.25, 0.3) is 0 Å². The van der Waals surface area contributed by atoms with Crippen LogP contribution >= 0.6 is 35.3 Å². The van der Waals surface area contributed by atoms with Crippen LogP contribution in [0, 0.1) is 0 Å². The second-order valence-electron chi connectivity index (χ2n) is 4.69. The summed E-state index contributed by atoms with van der Waals surface area (Å²) in [5, 5.41) is 5.51. The van der Waals surface area contributed by atoms with E-state index in [9.17, 15) is 0 Å². The smallest absolute Gasteiger partial charge is 0.193 e. The van der Waals surface area contributed by atoms with E-state index in [2.05, 4.69) is 53.6 Å². The molecule has 1 aromatic heterocycles. The van der Waals surface area contributed by atoms with Crippen molar-refractivity contribution < 1.29 is 0 Å². The number of guanidine groups is 1. The van der Waals surface area contributed by atoms with Gasteiger partial charge in [-0.15, -0.1) is 35.3 Å². The molecule has 0 aliphatic carbocycles. The Hall–Kier alpha value is -0.300. The number of aliphatic imine (C=N–C) groups is 1. The van der Waals surface area contributed by atoms with E-state index in [1.165, 1.54) is 24.1 Å². The predicted molar refractivity (Wildman–Crippen MR) is 102 cm³/mol. The molecule has 0 amide bonds. The van der Waals surface area contributed by atoms with Crippen LogP contribution < -0.4 is 5.32 Å². The zero-order chi connectivity index (χ0) is 13.9. The van der Waals surface area contributed by atoms with Gasteiger partial charge in [0.2, 0.25) is 0 Å². The highest BCUT2D eigenvalue weighted by Gasteiger charge is 2.05. The molecule has 0 atom stereocenters. The van der Waals surface area contributed by atoms with E-state index in [-0.39, 0.29) is 24.0 Å². The van der Waals surface area contributed by atoms with Gasteiger partial charge in [0, 0.05) is 31.6 Å². The van der Waals surface area contributed by atoms with Crippen molar-refractivity contribution in [1.29, 1.82) is 0 Å². The standard InChI is InChI=1S/C15H27N3S.HI/c1-4-6-7-11-17-15(16-5-2)18(3)12-10-14-9-8-13-19-14;/h8-9,13H,4-7,10-12H2,1-3H3,(H,16,17);1H. The average Bonchev–Trinajstić information content (AvgIpc) is 2.93. The van der Waals surface area contributed by atoms with Crippen molar-refractivity contribution in [3.63, 3.8) is 0 Å². The minimum absolute atomic E-state index is 0. The summed E-state index contributed by atoms with van der Waals surface area (Å²) in [6.45, 7) is 7.21. The molecule has 1 aromatic rings. The number of nitrogens with one attached hydrogen (secondary N) is 1. The van der Waals surface area contributed by atoms with Gasteiger partial charge in [0.05, 0.1) is 0 Å². The van der Waals surface area contributed by atoms with Gasteiger partial charge in [-0.05, 0) is 31.2 Å². The molecule has 5 heteroatoms. The van der Waals surface area contributed by atoms with Gasteiger partial charge >= 0.3 is 0 Å². The zero-order valence-electron chi connectivity index (χ0n) is 12.9. The molecule has 0 aromatic carbocycles. The molecular formula is C15H28IN3S. The van der Waals surface area contributed by atoms with Crippen molar-refractivity contribution in [2.45, 2.75) is 39.5 Å². The van der Waals surface area contributed by atoms with Gasteiger partial charge in [-0.1, -0.05) is 25.8 Å². The first-order chi connectivity index (χ1) is 9.27. The van der Waals surface area contributed by atoms with Crippen LogP contribution in [0.5, 0.6) is 0 Å². The van der Waals surface area contributed by atoms with Crippen LogP contribution in [0.3, 0.4) is 0 Å². The Morgan fingerprint density at radius 3 is 2.75 bits per heavy atom. The first kappa shape index (κ1) is 19.7. The lowest BCUT2D eigenvalue weighted by atomic mass is 10.2. The highest BCUT2D eigenvalue weighted by Crippen LogP contribution is 2.09. The summed E-state index contributed by atoms with van der Waals surface area (Å²) in [6, 6.07) is 4.31. The minimum Gasteiger partial charge on any atom is -0.357 e. The Bertz CT molecular complexity index is 352. The molecule has 1 N–H and O–H groups in total. The number of hydrogen-bond donors (Lipinski definition) is 1. The van der Waals surface area contributed by atoms with E-state index in [4.69, 9.17) is 0 Å². The Balaban J connectivity index is 0.00000361. The van der Waals surface area contributed by atoms with Gasteiger partial charge in [0.1, 0.15) is 0 Å². The number of unbranched alkanes of at least 4 members (excludes halogenated alkanes) is 2. The van der Waals surface area contributed by atoms with E-state index in [1.807, 2.05) is 11.3 Å². The van der Waals surface area contributed by atoms with Crippen LogP contribution in [0.2, 0.25) is 0 Å². The molecule has 116 valence electrons. The third-order valence-electron chi connectivity index (χ3n) is 2.99. The third kappa shape index (κ3) is 8.09. The first-order valence-corrected chi connectivity index (χ1v) is 8.17. The van der Waals surface area contributed by atoms with Gasteiger partial charge in [-0.3, -0.25) is 4.99 Å². The van der Waals surface area contributed by atoms with E-state index < -0.39 is 0 Å². The Morgan fingerprint density at radius 1 is 1.35 bits per heavy atom. The van der Waals surface area contributed by atoms with E-state index in [0.29, 0.717) is 0 Å². The van der Waals surface area contributed by atoms with Crippen LogP contribution in [0.1, 0.15) is 38.0 Å². The normalized spacial score (nSPS) is 11.1. The Morgan fingerprint density at radius 2 is 2.15 bits per heavy atom. The maximum atomic E-state index is 4.69. The molecule has 0 saturated carbocycles. The second-order valence-corrected chi connectivity index (χ2v) is 5.73. The number of rotatable bonds is 8. The lowest BCUT2D eigenvalue weighted by Crippen LogP contribution is -2.40. The molecule has 0 aliphatic heterocycles. The van der Waals surface area contributed by atoms with Crippen molar-refractivity contribution in [1.82, 2.24) is 10.2 Å². The summed E-state index contributed by atoms with van der Waals surface area (Å²) in [5.74, 6) is 1.04. The molecule has 0 fully saturated rings. The molecule has 3 nitrogen and oxygen atoms in total. The van der Waals surface area contributed by atoms with Crippen LogP contribution in [-0.2, 0) is 6.42 Å². The van der Waals surface area contributed by atoms with Crippen molar-refractivity contribution in [2.24, 2.45) is 4.99 Å². The zero-order valence-corrected chi connectivity index (χ0v) is 16.0. The van der Waals surface area contributed by atoms with Crippen LogP contribution in [-0.4, -0.2) is 37.5 Å². The Kier molecular flexibility index (Phi) is 12.3. The fourth-order valence-electron chi connectivity index (χ4n) is 1.86. The van der Waals surface area contributed by atoms with Crippen molar-refractivity contribution in [3.05, 3.63) is 22.4 Å². The fraction of sp³-hybridized carbons (Fsp3) is 0.667. The van der Waals surface area contributed by atoms with E-state index in [0.717, 1.165) is 32.0 Å². The van der Waals surface area contributed by atoms with Gasteiger partial charge in [0.15, 0.2) is 5.96 Å². The molecule has 1 heterocycles. The maximum Gasteiger partial charge on any atom is 0.193 e. The number of likely N-dealkylation sites (N-methyl/N-ethyl adjacent to an activating group) is 1.